The van der Waals surface area contributed by atoms with Crippen LogP contribution in [0, 0.1) is 0 Å². The summed E-state index contributed by atoms with van der Waals surface area (Å²) < 4.78 is 32.8. The number of rotatable bonds is 46. The summed E-state index contributed by atoms with van der Waals surface area (Å²) in [6.45, 7) is 5.47. The highest BCUT2D eigenvalue weighted by molar-refractivity contribution is 7.47. The predicted octanol–water partition coefficient (Wildman–Crippen LogP) is 16.0. The zero-order chi connectivity index (χ0) is 43.2. The average molecular weight is 853 g/mol. The Kier molecular flexibility index (Phi) is 44.4. The van der Waals surface area contributed by atoms with Gasteiger partial charge < -0.3 is 14.4 Å². The van der Waals surface area contributed by atoms with E-state index in [0.29, 0.717) is 12.8 Å². The largest absolute Gasteiger partial charge is 0.472 e. The van der Waals surface area contributed by atoms with Crippen LogP contribution < -0.4 is 0 Å². The summed E-state index contributed by atoms with van der Waals surface area (Å²) in [6.07, 6.45) is 53.4. The smallest absolute Gasteiger partial charge is 0.462 e. The highest BCUT2D eigenvalue weighted by Crippen LogP contribution is 2.43. The minimum atomic E-state index is -4.29. The van der Waals surface area contributed by atoms with Gasteiger partial charge in [0, 0.05) is 12.8 Å². The van der Waals surface area contributed by atoms with Gasteiger partial charge in [-0.15, -0.1) is 0 Å². The van der Waals surface area contributed by atoms with Crippen LogP contribution in [0.3, 0.4) is 0 Å². The first kappa shape index (κ1) is 57.3. The maximum Gasteiger partial charge on any atom is 0.472 e. The minimum Gasteiger partial charge on any atom is -0.462 e. The minimum absolute atomic E-state index is 0.00142. The van der Waals surface area contributed by atoms with Gasteiger partial charge in [-0.3, -0.25) is 18.6 Å². The molecule has 0 saturated carbocycles. The molecule has 0 radical (unpaired) electrons. The molecular weight excluding hydrogens is 760 g/mol. The monoisotopic (exact) mass is 853 g/mol. The van der Waals surface area contributed by atoms with E-state index in [0.717, 1.165) is 57.8 Å². The molecule has 0 aromatic rings. The third-order valence-electron chi connectivity index (χ3n) is 10.7. The number of allylic oxidation sites excluding steroid dienone is 6. The van der Waals surface area contributed by atoms with Crippen molar-refractivity contribution in [2.75, 3.05) is 19.8 Å². The molecule has 0 saturated heterocycles. The van der Waals surface area contributed by atoms with E-state index in [1.807, 2.05) is 0 Å². The molecule has 0 aromatic heterocycles. The van der Waals surface area contributed by atoms with Crippen LogP contribution >= 0.6 is 7.82 Å². The van der Waals surface area contributed by atoms with Gasteiger partial charge in [-0.1, -0.05) is 211 Å². The summed E-state index contributed by atoms with van der Waals surface area (Å²) in [5.41, 5.74) is 0. The Labute approximate surface area is 364 Å². The Bertz CT molecular complexity index is 1060. The molecule has 0 aliphatic rings. The first-order valence-corrected chi connectivity index (χ1v) is 26.3. The zero-order valence-electron chi connectivity index (χ0n) is 38.7. The lowest BCUT2D eigenvalue weighted by Gasteiger charge is -2.19. The average Bonchev–Trinajstić information content (AvgIpc) is 3.22. The predicted molar refractivity (Wildman–Crippen MR) is 249 cm³/mol. The number of phosphoric ester groups is 1. The molecule has 2 unspecified atom stereocenters. The molecule has 346 valence electrons. The molecule has 2 atom stereocenters. The van der Waals surface area contributed by atoms with E-state index in [1.165, 1.54) is 148 Å². The van der Waals surface area contributed by atoms with Crippen LogP contribution in [0.4, 0.5) is 0 Å². The Morgan fingerprint density at radius 3 is 1.25 bits per heavy atom. The SMILES string of the molecule is CCCCC/C=C\C/C=C\C/C=C\CCCCCCCCC(=O)OC(COC(=O)CCCCCCCCCCCCCCCCCCCCCC)COP(=O)(O)OCC. The molecule has 0 rings (SSSR count). The summed E-state index contributed by atoms with van der Waals surface area (Å²) >= 11 is 0. The van der Waals surface area contributed by atoms with E-state index in [1.54, 1.807) is 6.92 Å². The van der Waals surface area contributed by atoms with Crippen molar-refractivity contribution in [3.63, 3.8) is 0 Å². The van der Waals surface area contributed by atoms with Crippen molar-refractivity contribution < 1.29 is 37.6 Å². The van der Waals surface area contributed by atoms with Crippen molar-refractivity contribution in [2.45, 2.75) is 252 Å². The highest BCUT2D eigenvalue weighted by atomic mass is 31.2. The van der Waals surface area contributed by atoms with Crippen LogP contribution in [-0.2, 0) is 32.7 Å². The third-order valence-corrected chi connectivity index (χ3v) is 11.8. The fourth-order valence-electron chi connectivity index (χ4n) is 7.05. The van der Waals surface area contributed by atoms with Crippen LogP contribution in [-0.4, -0.2) is 42.8 Å². The lowest BCUT2D eigenvalue weighted by molar-refractivity contribution is -0.161. The molecule has 0 aliphatic carbocycles. The molecule has 0 fully saturated rings. The Balaban J connectivity index is 4.00. The molecular formula is C50H93O8P. The summed E-state index contributed by atoms with van der Waals surface area (Å²) in [5, 5.41) is 0. The van der Waals surface area contributed by atoms with Crippen LogP contribution in [0.2, 0.25) is 0 Å². The third kappa shape index (κ3) is 45.6. The van der Waals surface area contributed by atoms with Crippen LogP contribution in [0.25, 0.3) is 0 Å². The maximum absolute atomic E-state index is 12.6. The normalized spacial score (nSPS) is 13.5. The molecule has 0 aliphatic heterocycles. The molecule has 0 bridgehead atoms. The van der Waals surface area contributed by atoms with Gasteiger partial charge in [-0.2, -0.15) is 0 Å². The molecule has 0 amide bonds. The Morgan fingerprint density at radius 2 is 0.814 bits per heavy atom. The number of carbonyl (C=O) groups is 2. The second-order valence-electron chi connectivity index (χ2n) is 16.5. The van der Waals surface area contributed by atoms with E-state index in [9.17, 15) is 19.0 Å². The molecule has 0 spiro atoms. The van der Waals surface area contributed by atoms with Gasteiger partial charge in [0.1, 0.15) is 6.61 Å². The lowest BCUT2D eigenvalue weighted by Crippen LogP contribution is -2.29. The quantitative estimate of drug-likeness (QED) is 0.0279. The van der Waals surface area contributed by atoms with E-state index >= 15 is 0 Å². The van der Waals surface area contributed by atoms with E-state index in [-0.39, 0.29) is 25.6 Å². The van der Waals surface area contributed by atoms with Crippen LogP contribution in [0.15, 0.2) is 36.5 Å². The summed E-state index contributed by atoms with van der Waals surface area (Å²) in [5.74, 6) is -0.802. The van der Waals surface area contributed by atoms with Gasteiger partial charge in [0.25, 0.3) is 0 Å². The Morgan fingerprint density at radius 1 is 0.458 bits per heavy atom. The fourth-order valence-corrected chi connectivity index (χ4v) is 7.81. The fraction of sp³-hybridized carbons (Fsp3) is 0.840. The summed E-state index contributed by atoms with van der Waals surface area (Å²) in [6, 6.07) is 0. The van der Waals surface area contributed by atoms with Crippen molar-refractivity contribution in [1.29, 1.82) is 0 Å². The van der Waals surface area contributed by atoms with E-state index < -0.39 is 26.5 Å². The van der Waals surface area contributed by atoms with Gasteiger partial charge in [0.15, 0.2) is 6.10 Å². The second-order valence-corrected chi connectivity index (χ2v) is 17.9. The number of carbonyl (C=O) groups excluding carboxylic acids is 2. The molecule has 1 N–H and O–H groups in total. The van der Waals surface area contributed by atoms with E-state index in [2.05, 4.69) is 50.3 Å². The number of ether oxygens (including phenoxy) is 2. The summed E-state index contributed by atoms with van der Waals surface area (Å²) in [4.78, 5) is 34.9. The molecule has 8 nitrogen and oxygen atoms in total. The number of unbranched alkanes of at least 4 members (excludes halogenated alkanes) is 28. The second kappa shape index (κ2) is 45.8. The van der Waals surface area contributed by atoms with Crippen molar-refractivity contribution in [3.8, 4) is 0 Å². The molecule has 0 heterocycles. The number of phosphoric acid groups is 1. The summed E-state index contributed by atoms with van der Waals surface area (Å²) in [7, 11) is -4.29. The standard InChI is InChI=1S/C50H93O8P/c1-4-7-9-11-13-15-17-19-21-23-25-27-28-30-32-34-36-38-40-42-44-49(51)55-46-48(47-57-59(53,54)56-6-3)58-50(52)45-43-41-39-37-35-33-31-29-26-24-22-20-18-16-14-12-10-8-5-2/h14,16,20,22,26,29,48H,4-13,15,17-19,21,23-25,27-28,30-47H2,1-3H3,(H,53,54)/b16-14-,22-20-,29-26-. The first-order valence-electron chi connectivity index (χ1n) is 24.8. The van der Waals surface area contributed by atoms with Gasteiger partial charge in [0.05, 0.1) is 13.2 Å². The lowest BCUT2D eigenvalue weighted by atomic mass is 10.0. The molecule has 0 aromatic carbocycles. The zero-order valence-corrected chi connectivity index (χ0v) is 39.6. The van der Waals surface area contributed by atoms with Crippen molar-refractivity contribution in [2.24, 2.45) is 0 Å². The first-order chi connectivity index (χ1) is 28.8. The topological polar surface area (TPSA) is 108 Å². The highest BCUT2D eigenvalue weighted by Gasteiger charge is 2.25. The van der Waals surface area contributed by atoms with Gasteiger partial charge in [-0.05, 0) is 58.3 Å². The van der Waals surface area contributed by atoms with Crippen molar-refractivity contribution in [3.05, 3.63) is 36.5 Å². The number of hydrogen-bond acceptors (Lipinski definition) is 7. The van der Waals surface area contributed by atoms with Gasteiger partial charge >= 0.3 is 19.8 Å². The number of hydrogen-bond donors (Lipinski definition) is 1. The van der Waals surface area contributed by atoms with Gasteiger partial charge in [0.2, 0.25) is 0 Å². The maximum atomic E-state index is 12.6. The number of esters is 2. The van der Waals surface area contributed by atoms with E-state index in [4.69, 9.17) is 18.5 Å². The molecule has 9 heteroatoms. The van der Waals surface area contributed by atoms with Crippen LogP contribution in [0.1, 0.15) is 245 Å². The Hall–Kier alpha value is -1.73. The van der Waals surface area contributed by atoms with Crippen LogP contribution in [0.5, 0.6) is 0 Å². The van der Waals surface area contributed by atoms with Crippen molar-refractivity contribution >= 4 is 19.8 Å². The van der Waals surface area contributed by atoms with Crippen molar-refractivity contribution in [1.82, 2.24) is 0 Å². The van der Waals surface area contributed by atoms with Gasteiger partial charge in [-0.25, -0.2) is 4.57 Å². The molecule has 59 heavy (non-hydrogen) atoms.